The van der Waals surface area contributed by atoms with Crippen molar-refractivity contribution in [3.8, 4) is 0 Å². The van der Waals surface area contributed by atoms with E-state index in [1.54, 1.807) is 0 Å². The van der Waals surface area contributed by atoms with Crippen molar-refractivity contribution >= 4 is 81.7 Å². The fourth-order valence-electron chi connectivity index (χ4n) is 4.23. The number of benzene rings is 3. The Bertz CT molecular complexity index is 2010. The number of rotatable bonds is 16. The molecule has 3 aromatic rings. The molecule has 0 radical (unpaired) electrons. The summed E-state index contributed by atoms with van der Waals surface area (Å²) >= 11 is 0. The van der Waals surface area contributed by atoms with Crippen LogP contribution >= 0.6 is 0 Å². The lowest BCUT2D eigenvalue weighted by Crippen LogP contribution is -2.31. The summed E-state index contributed by atoms with van der Waals surface area (Å²) in [5, 5.41) is 29.9. The van der Waals surface area contributed by atoms with E-state index in [1.165, 1.54) is 67.8 Å². The van der Waals surface area contributed by atoms with Gasteiger partial charge in [0.1, 0.15) is 0 Å². The first-order valence-corrected chi connectivity index (χ1v) is 15.0. The maximum Gasteiger partial charge on any atom is 0.340 e. The number of ketones is 2. The van der Waals surface area contributed by atoms with Crippen molar-refractivity contribution in [2.45, 2.75) is 13.2 Å². The molecule has 1 unspecified atom stereocenters. The Kier molecular flexibility index (Phi) is 14.3. The van der Waals surface area contributed by atoms with E-state index in [4.69, 9.17) is 19.6 Å². The largest absolute Gasteiger partial charge is 0.465 e. The van der Waals surface area contributed by atoms with Crippen LogP contribution in [0.4, 0.5) is 22.7 Å². The molecule has 0 fully saturated rings. The molecule has 53 heavy (non-hydrogen) atoms. The highest BCUT2D eigenvalue weighted by atomic mass is 16.6. The number of aliphatic hydroxyl groups is 1. The Balaban J connectivity index is 1.80. The number of hydrazone groups is 2. The van der Waals surface area contributed by atoms with Gasteiger partial charge < -0.3 is 40.1 Å². The molecule has 19 heteroatoms. The number of nitrogens with zero attached hydrogens (tertiary/aromatic N) is 2. The molecule has 1 atom stereocenters. The molecular formula is C34H33N7O12. The molecule has 6 N–H and O–H groups in total. The molecule has 19 nitrogen and oxygen atoms in total. The summed E-state index contributed by atoms with van der Waals surface area (Å²) < 4.78 is 19.0. The SMILES string of the molecule is COC(=O)c1ccc(C(=O)OC)c(N/N=C(\C(C)=O)C(=O)Nc2ccc(NC(=O)/C(=N/Nc3cc(C(O)OC)ccc3C(=O)OC)C(=O)C=N)cc2)c1. The van der Waals surface area contributed by atoms with E-state index in [1.807, 2.05) is 0 Å². The summed E-state index contributed by atoms with van der Waals surface area (Å²) in [6.07, 6.45) is -1.03. The number of carbonyl (C=O) groups is 7. The van der Waals surface area contributed by atoms with Gasteiger partial charge in [0.25, 0.3) is 11.8 Å². The minimum Gasteiger partial charge on any atom is -0.465 e. The second-order valence-electron chi connectivity index (χ2n) is 10.3. The Hall–Kier alpha value is -7.12. The maximum absolute atomic E-state index is 13.1. The highest BCUT2D eigenvalue weighted by Gasteiger charge is 2.23. The van der Waals surface area contributed by atoms with Gasteiger partial charge >= 0.3 is 17.9 Å². The van der Waals surface area contributed by atoms with Crippen LogP contribution in [-0.2, 0) is 38.1 Å². The van der Waals surface area contributed by atoms with E-state index < -0.39 is 59.0 Å². The Morgan fingerprint density at radius 3 is 1.62 bits per heavy atom. The molecule has 3 aromatic carbocycles. The van der Waals surface area contributed by atoms with Crippen LogP contribution in [-0.4, -0.2) is 92.5 Å². The Morgan fingerprint density at radius 1 is 0.679 bits per heavy atom. The third-order valence-corrected chi connectivity index (χ3v) is 6.91. The van der Waals surface area contributed by atoms with Crippen LogP contribution in [0.3, 0.4) is 0 Å². The van der Waals surface area contributed by atoms with Gasteiger partial charge in [-0.15, -0.1) is 0 Å². The second kappa shape index (κ2) is 18.8. The molecule has 0 saturated carbocycles. The molecular weight excluding hydrogens is 698 g/mol. The van der Waals surface area contributed by atoms with Crippen molar-refractivity contribution in [2.24, 2.45) is 10.2 Å². The first-order valence-electron chi connectivity index (χ1n) is 15.0. The van der Waals surface area contributed by atoms with Crippen LogP contribution in [0.15, 0.2) is 70.9 Å². The third kappa shape index (κ3) is 10.4. The minimum absolute atomic E-state index is 0.0388. The topological polar surface area (TPSA) is 273 Å². The van der Waals surface area contributed by atoms with Crippen LogP contribution in [0.1, 0.15) is 49.9 Å². The fraction of sp³-hybridized carbons (Fsp3) is 0.176. The molecule has 0 aliphatic carbocycles. The average molecular weight is 732 g/mol. The molecule has 0 bridgehead atoms. The summed E-state index contributed by atoms with van der Waals surface area (Å²) in [6, 6.07) is 13.1. The van der Waals surface area contributed by atoms with Gasteiger partial charge in [-0.1, -0.05) is 6.07 Å². The number of anilines is 4. The average Bonchev–Trinajstić information content (AvgIpc) is 3.16. The number of hydrogen-bond acceptors (Lipinski definition) is 17. The van der Waals surface area contributed by atoms with E-state index in [0.717, 1.165) is 28.3 Å². The van der Waals surface area contributed by atoms with Crippen molar-refractivity contribution in [1.82, 2.24) is 0 Å². The van der Waals surface area contributed by atoms with Crippen molar-refractivity contribution in [2.75, 3.05) is 49.9 Å². The number of ether oxygens (including phenoxy) is 4. The van der Waals surface area contributed by atoms with Gasteiger partial charge in [-0.3, -0.25) is 30.0 Å². The van der Waals surface area contributed by atoms with Crippen LogP contribution < -0.4 is 21.5 Å². The van der Waals surface area contributed by atoms with Crippen molar-refractivity contribution in [3.05, 3.63) is 82.9 Å². The number of aliphatic hydroxyl groups excluding tert-OH is 1. The lowest BCUT2D eigenvalue weighted by molar-refractivity contribution is -0.115. The van der Waals surface area contributed by atoms with Gasteiger partial charge in [0.2, 0.25) is 5.78 Å². The van der Waals surface area contributed by atoms with Crippen LogP contribution in [0.25, 0.3) is 0 Å². The monoisotopic (exact) mass is 731 g/mol. The van der Waals surface area contributed by atoms with Crippen molar-refractivity contribution in [1.29, 1.82) is 5.41 Å². The highest BCUT2D eigenvalue weighted by Crippen LogP contribution is 2.24. The molecule has 0 aromatic heterocycles. The molecule has 0 saturated heterocycles. The number of amides is 2. The lowest BCUT2D eigenvalue weighted by atomic mass is 10.1. The zero-order valence-corrected chi connectivity index (χ0v) is 28.8. The van der Waals surface area contributed by atoms with Crippen LogP contribution in [0, 0.1) is 5.41 Å². The summed E-state index contributed by atoms with van der Waals surface area (Å²) in [5.41, 5.74) is 3.73. The normalized spacial score (nSPS) is 11.7. The van der Waals surface area contributed by atoms with Gasteiger partial charge in [0.15, 0.2) is 23.5 Å². The number of Topliss-reactive ketones (excluding diaryl/α,β-unsaturated/α-hetero) is 2. The third-order valence-electron chi connectivity index (χ3n) is 6.91. The van der Waals surface area contributed by atoms with Gasteiger partial charge in [-0.25, -0.2) is 14.4 Å². The summed E-state index contributed by atoms with van der Waals surface area (Å²) in [6.45, 7) is 1.07. The van der Waals surface area contributed by atoms with Gasteiger partial charge in [0, 0.05) is 31.0 Å². The van der Waals surface area contributed by atoms with Gasteiger partial charge in [-0.05, 0) is 54.6 Å². The Morgan fingerprint density at radius 2 is 1.15 bits per heavy atom. The first kappa shape index (κ1) is 40.3. The molecule has 3 rings (SSSR count). The standard InChI is InChI=1S/C34H33N7O12/c1-17(42)27(40-38-24-14-18(31(46)50-2)6-12-22(24)33(48)52-4)29(44)36-20-8-10-21(11-9-20)37-30(45)28(26(43)16-35)41-39-25-15-19(32(47)51-3)7-13-23(25)34(49)53-5/h6-16,32,35,38-39,47H,1-5H3,(H,36,44)(H,37,45)/b35-16?,40-27+,41-28+. The molecule has 0 aliphatic rings. The van der Waals surface area contributed by atoms with Gasteiger partial charge in [0.05, 0.1) is 55.6 Å². The first-order chi connectivity index (χ1) is 25.3. The molecule has 276 valence electrons. The molecule has 0 aliphatic heterocycles. The highest BCUT2D eigenvalue weighted by molar-refractivity contribution is 6.77. The predicted molar refractivity (Wildman–Crippen MR) is 189 cm³/mol. The number of nitrogens with one attached hydrogen (secondary N) is 5. The maximum atomic E-state index is 13.1. The minimum atomic E-state index is -1.37. The number of hydrogen-bond donors (Lipinski definition) is 6. The van der Waals surface area contributed by atoms with Crippen molar-refractivity contribution in [3.63, 3.8) is 0 Å². The molecule has 0 spiro atoms. The predicted octanol–water partition coefficient (Wildman–Crippen LogP) is 2.30. The number of methoxy groups -OCH3 is 4. The van der Waals surface area contributed by atoms with Gasteiger partial charge in [-0.2, -0.15) is 10.2 Å². The second-order valence-corrected chi connectivity index (χ2v) is 10.3. The smallest absolute Gasteiger partial charge is 0.340 e. The van der Waals surface area contributed by atoms with Crippen LogP contribution in [0.5, 0.6) is 0 Å². The Labute approximate surface area is 300 Å². The quantitative estimate of drug-likeness (QED) is 0.0308. The number of carbonyl (C=O) groups excluding carboxylic acids is 7. The zero-order chi connectivity index (χ0) is 39.2. The summed E-state index contributed by atoms with van der Waals surface area (Å²) in [7, 11) is 4.67. The molecule has 0 heterocycles. The van der Waals surface area contributed by atoms with Crippen LogP contribution in [0.2, 0.25) is 0 Å². The number of esters is 3. The van der Waals surface area contributed by atoms with E-state index >= 15 is 0 Å². The van der Waals surface area contributed by atoms with E-state index in [-0.39, 0.29) is 45.0 Å². The van der Waals surface area contributed by atoms with Crippen molar-refractivity contribution < 1.29 is 57.6 Å². The summed E-state index contributed by atoms with van der Waals surface area (Å²) in [5.74, 6) is -6.21. The lowest BCUT2D eigenvalue weighted by Gasteiger charge is -2.14. The molecule has 2 amide bonds. The van der Waals surface area contributed by atoms with E-state index in [9.17, 15) is 38.7 Å². The zero-order valence-electron chi connectivity index (χ0n) is 28.8. The summed E-state index contributed by atoms with van der Waals surface area (Å²) in [4.78, 5) is 87.4. The van der Waals surface area contributed by atoms with E-state index in [2.05, 4.69) is 36.4 Å². The van der Waals surface area contributed by atoms with E-state index in [0.29, 0.717) is 6.21 Å². The fourth-order valence-corrected chi connectivity index (χ4v) is 4.23.